The van der Waals surface area contributed by atoms with Crippen LogP contribution in [0, 0.1) is 31.5 Å². The number of pyridine rings is 1. The maximum atomic E-state index is 14.1. The van der Waals surface area contributed by atoms with E-state index < -0.39 is 0 Å². The number of anilines is 4. The van der Waals surface area contributed by atoms with E-state index in [0.29, 0.717) is 11.5 Å². The zero-order valence-electron chi connectivity index (χ0n) is 38.6. The number of rotatable bonds is 9. The molecule has 0 saturated carbocycles. The molecule has 0 amide bonds. The third kappa shape index (κ3) is 8.33. The van der Waals surface area contributed by atoms with Gasteiger partial charge in [-0.25, -0.2) is 9.37 Å². The van der Waals surface area contributed by atoms with Gasteiger partial charge >= 0.3 is 0 Å². The molecule has 2 aromatic heterocycles. The van der Waals surface area contributed by atoms with Gasteiger partial charge in [-0.3, -0.25) is 0 Å². The fourth-order valence-corrected chi connectivity index (χ4v) is 9.11. The number of ether oxygens (including phenoxy) is 1. The van der Waals surface area contributed by atoms with Crippen molar-refractivity contribution in [2.75, 3.05) is 9.80 Å². The van der Waals surface area contributed by atoms with Gasteiger partial charge in [-0.15, -0.1) is 53.6 Å². The van der Waals surface area contributed by atoms with Gasteiger partial charge in [0.1, 0.15) is 11.6 Å². The molecule has 0 unspecified atom stereocenters. The Morgan fingerprint density at radius 1 is 0.621 bits per heavy atom. The summed E-state index contributed by atoms with van der Waals surface area (Å²) < 4.78 is 23.1. The van der Waals surface area contributed by atoms with E-state index in [2.05, 4.69) is 186 Å². The van der Waals surface area contributed by atoms with Crippen LogP contribution in [0.5, 0.6) is 11.5 Å². The number of aromatic nitrogens is 2. The number of fused-ring (bicyclic) bond motifs is 4. The van der Waals surface area contributed by atoms with E-state index in [4.69, 9.17) is 9.72 Å². The van der Waals surface area contributed by atoms with Gasteiger partial charge in [0.05, 0.1) is 0 Å². The molecule has 3 heterocycles. The molecule has 0 radical (unpaired) electrons. The maximum Gasteiger partial charge on any atom is 0.135 e. The van der Waals surface area contributed by atoms with Crippen molar-refractivity contribution in [3.05, 3.63) is 199 Å². The van der Waals surface area contributed by atoms with E-state index >= 15 is 0 Å². The number of nitrogens with zero attached hydrogens (tertiary/aromatic N) is 4. The normalized spacial score (nSPS) is 12.7. The molecule has 1 aliphatic rings. The average molecular weight is 1050 g/mol. The summed E-state index contributed by atoms with van der Waals surface area (Å²) in [6.07, 6.45) is 1.82. The molecule has 7 heteroatoms. The van der Waals surface area contributed by atoms with Crippen molar-refractivity contribution in [2.24, 2.45) is 0 Å². The second kappa shape index (κ2) is 17.7. The van der Waals surface area contributed by atoms with Gasteiger partial charge in [0.15, 0.2) is 0 Å². The predicted octanol–water partition coefficient (Wildman–Crippen LogP) is 16.3. The summed E-state index contributed by atoms with van der Waals surface area (Å²) in [7, 11) is 0. The number of benzene rings is 7. The summed E-state index contributed by atoms with van der Waals surface area (Å²) in [5.41, 5.74) is 15.1. The molecule has 66 heavy (non-hydrogen) atoms. The van der Waals surface area contributed by atoms with Crippen molar-refractivity contribution >= 4 is 44.6 Å². The molecular formula is C59H52FN4OPt-3. The van der Waals surface area contributed by atoms with Crippen LogP contribution in [0.4, 0.5) is 27.1 Å². The fourth-order valence-electron chi connectivity index (χ4n) is 9.11. The number of aryl methyl sites for hydroxylation is 1. The zero-order valence-corrected chi connectivity index (χ0v) is 40.8. The molecule has 0 fully saturated rings. The monoisotopic (exact) mass is 1050 g/mol. The number of halogens is 1. The summed E-state index contributed by atoms with van der Waals surface area (Å²) in [6.45, 7) is 20.1. The predicted molar refractivity (Wildman–Crippen MR) is 267 cm³/mol. The molecule has 0 spiro atoms. The van der Waals surface area contributed by atoms with E-state index in [-0.39, 0.29) is 44.1 Å². The Kier molecular flexibility index (Phi) is 12.0. The van der Waals surface area contributed by atoms with Crippen LogP contribution in [-0.2, 0) is 26.5 Å². The largest absolute Gasteiger partial charge is 0.509 e. The smallest absolute Gasteiger partial charge is 0.135 e. The minimum atomic E-state index is -0.239. The molecule has 5 nitrogen and oxygen atoms in total. The summed E-state index contributed by atoms with van der Waals surface area (Å²) in [4.78, 5) is 9.33. The summed E-state index contributed by atoms with van der Waals surface area (Å²) in [5.74, 6) is 2.13. The second-order valence-corrected chi connectivity index (χ2v) is 18.8. The first-order chi connectivity index (χ1) is 31.3. The van der Waals surface area contributed by atoms with E-state index in [1.807, 2.05) is 42.6 Å². The molecule has 1 aliphatic heterocycles. The van der Waals surface area contributed by atoms with Crippen molar-refractivity contribution in [1.29, 1.82) is 0 Å². The zero-order chi connectivity index (χ0) is 45.1. The van der Waals surface area contributed by atoms with Gasteiger partial charge in [0.25, 0.3) is 0 Å². The number of hydrogen-bond acceptors (Lipinski definition) is 4. The minimum Gasteiger partial charge on any atom is -0.509 e. The Hall–Kier alpha value is -6.49. The Balaban J connectivity index is 0.00000548. The molecule has 7 aromatic carbocycles. The van der Waals surface area contributed by atoms with Gasteiger partial charge in [-0.1, -0.05) is 121 Å². The van der Waals surface area contributed by atoms with E-state index in [1.165, 1.54) is 34.4 Å². The van der Waals surface area contributed by atoms with Gasteiger partial charge in [-0.05, 0) is 123 Å². The van der Waals surface area contributed by atoms with Crippen LogP contribution >= 0.6 is 0 Å². The van der Waals surface area contributed by atoms with E-state index in [1.54, 1.807) is 0 Å². The van der Waals surface area contributed by atoms with Crippen molar-refractivity contribution in [3.8, 4) is 39.6 Å². The molecule has 0 aliphatic carbocycles. The third-order valence-corrected chi connectivity index (χ3v) is 12.5. The fraction of sp³-hybridized carbons (Fsp3) is 0.186. The Morgan fingerprint density at radius 2 is 1.29 bits per heavy atom. The first kappa shape index (κ1) is 44.7. The summed E-state index contributed by atoms with van der Waals surface area (Å²) in [6, 6.07) is 57.0. The van der Waals surface area contributed by atoms with Crippen LogP contribution < -0.4 is 14.5 Å². The average Bonchev–Trinajstić information content (AvgIpc) is 3.84. The van der Waals surface area contributed by atoms with Crippen molar-refractivity contribution < 1.29 is 30.2 Å². The molecule has 9 aromatic rings. The molecule has 0 saturated heterocycles. The Labute approximate surface area is 402 Å². The maximum absolute atomic E-state index is 14.1. The van der Waals surface area contributed by atoms with Crippen LogP contribution in [-0.4, -0.2) is 9.55 Å². The third-order valence-electron chi connectivity index (χ3n) is 12.5. The molecule has 334 valence electrons. The standard InChI is InChI=1S/C59H52FN4O.Pt/c1-37(2)51-32-43(41-19-23-45(60)24-20-41)33-52(38(3)4)58(51)63-36-62(54-27-16-39(5)29-56(54)63)46-30-42(40-17-21-44(22-18-40)59(6,7)8)31-48(34-46)65-47-25-26-50-49-13-9-10-14-53(49)64(55(50)35-47)57-15-11-12-28-61-57;/h9-33,36-38H,1-8H3;/q-3;. The Bertz CT molecular complexity index is 3190. The molecule has 0 bridgehead atoms. The first-order valence-electron chi connectivity index (χ1n) is 22.5. The molecule has 10 rings (SSSR count). The number of para-hydroxylation sites is 1. The van der Waals surface area contributed by atoms with Gasteiger partial charge in [0.2, 0.25) is 0 Å². The van der Waals surface area contributed by atoms with Gasteiger partial charge < -0.3 is 19.1 Å². The van der Waals surface area contributed by atoms with Crippen LogP contribution in [0.25, 0.3) is 49.9 Å². The molecular weight excluding hydrogens is 995 g/mol. The van der Waals surface area contributed by atoms with Crippen LogP contribution in [0.2, 0.25) is 0 Å². The quantitative estimate of drug-likeness (QED) is 0.135. The molecule has 0 atom stereocenters. The first-order valence-corrected chi connectivity index (χ1v) is 22.5. The topological polar surface area (TPSA) is 33.5 Å². The molecule has 0 N–H and O–H groups in total. The summed E-state index contributed by atoms with van der Waals surface area (Å²) in [5, 5.41) is 2.20. The van der Waals surface area contributed by atoms with Gasteiger partial charge in [-0.2, -0.15) is 6.07 Å². The van der Waals surface area contributed by atoms with E-state index in [0.717, 1.165) is 72.6 Å². The van der Waals surface area contributed by atoms with E-state index in [9.17, 15) is 4.39 Å². The van der Waals surface area contributed by atoms with Crippen molar-refractivity contribution in [3.63, 3.8) is 0 Å². The van der Waals surface area contributed by atoms with Crippen LogP contribution in [0.15, 0.2) is 152 Å². The Morgan fingerprint density at radius 3 is 1.95 bits per heavy atom. The van der Waals surface area contributed by atoms with Crippen LogP contribution in [0.3, 0.4) is 0 Å². The van der Waals surface area contributed by atoms with Gasteiger partial charge in [0, 0.05) is 61.3 Å². The van der Waals surface area contributed by atoms with Crippen LogP contribution in [0.1, 0.15) is 82.6 Å². The summed E-state index contributed by atoms with van der Waals surface area (Å²) >= 11 is 0. The number of hydrogen-bond donors (Lipinski definition) is 0. The van der Waals surface area contributed by atoms with Crippen molar-refractivity contribution in [1.82, 2.24) is 9.55 Å². The minimum absolute atomic E-state index is 0. The SMILES string of the molecule is Cc1ccc2c(c1)N(c1c(C(C)C)cc(-c3ccc(F)cc3)cc1C(C)C)[CH-]N2c1[c-]c(Oc2[c-]c3c(cc2)c2ccccc2n3-c2ccccn2)cc(-c2ccc(C(C)(C)C)cc2)c1.[Pt]. The second-order valence-electron chi connectivity index (χ2n) is 18.8. The van der Waals surface area contributed by atoms with Crippen molar-refractivity contribution in [2.45, 2.75) is 72.6 Å².